The number of likely N-dealkylation sites (tertiary alicyclic amines) is 2. The highest BCUT2D eigenvalue weighted by molar-refractivity contribution is 5.91. The Kier molecular flexibility index (Phi) is 8.98. The van der Waals surface area contributed by atoms with E-state index in [0.29, 0.717) is 24.1 Å². The Balaban J connectivity index is 0.906. The zero-order valence-electron chi connectivity index (χ0n) is 33.2. The number of imidazole rings is 2. The molecule has 58 heavy (non-hydrogen) atoms. The quantitative estimate of drug-likeness (QED) is 0.145. The van der Waals surface area contributed by atoms with Crippen molar-refractivity contribution in [3.05, 3.63) is 126 Å². The zero-order valence-corrected chi connectivity index (χ0v) is 33.2. The lowest BCUT2D eigenvalue weighted by Crippen LogP contribution is -2.42. The van der Waals surface area contributed by atoms with Crippen LogP contribution in [0.2, 0.25) is 0 Å². The number of rotatable bonds is 10. The molecule has 0 spiro atoms. The number of fused-ring (bicyclic) bond motifs is 3. The van der Waals surface area contributed by atoms with E-state index in [0.717, 1.165) is 81.7 Å². The van der Waals surface area contributed by atoms with Crippen LogP contribution in [0.1, 0.15) is 72.6 Å². The number of aromatic nitrogens is 5. The predicted molar refractivity (Wildman–Crippen MR) is 222 cm³/mol. The van der Waals surface area contributed by atoms with Gasteiger partial charge in [0.2, 0.25) is 17.7 Å². The number of nitrogens with one attached hydrogen (secondary N) is 2. The fourth-order valence-corrected chi connectivity index (χ4v) is 9.48. The van der Waals surface area contributed by atoms with Gasteiger partial charge in [-0.05, 0) is 101 Å². The first kappa shape index (κ1) is 36.2. The summed E-state index contributed by atoms with van der Waals surface area (Å²) >= 11 is 0. The molecule has 10 rings (SSSR count). The molecule has 0 bridgehead atoms. The summed E-state index contributed by atoms with van der Waals surface area (Å²) in [6.45, 7) is 0.692. The van der Waals surface area contributed by atoms with Crippen LogP contribution in [-0.4, -0.2) is 97.1 Å². The molecule has 2 amide bonds. The van der Waals surface area contributed by atoms with Crippen LogP contribution < -0.4 is 0 Å². The average Bonchev–Trinajstić information content (AvgIpc) is 3.87. The van der Waals surface area contributed by atoms with Gasteiger partial charge in [-0.25, -0.2) is 15.0 Å². The largest absolute Gasteiger partial charge is 0.436 e. The third kappa shape index (κ3) is 6.27. The monoisotopic (exact) mass is 773 g/mol. The minimum Gasteiger partial charge on any atom is -0.436 e. The molecule has 6 atom stereocenters. The van der Waals surface area contributed by atoms with Gasteiger partial charge in [-0.15, -0.1) is 0 Å². The lowest BCUT2D eigenvalue weighted by molar-refractivity contribution is -0.139. The summed E-state index contributed by atoms with van der Waals surface area (Å²) in [6, 6.07) is 31.2. The summed E-state index contributed by atoms with van der Waals surface area (Å²) < 4.78 is 6.46. The van der Waals surface area contributed by atoms with Gasteiger partial charge in [0, 0.05) is 18.2 Å². The van der Waals surface area contributed by atoms with Crippen LogP contribution in [0.25, 0.3) is 44.8 Å². The first-order valence-electron chi connectivity index (χ1n) is 20.2. The van der Waals surface area contributed by atoms with Gasteiger partial charge < -0.3 is 24.2 Å². The number of amides is 2. The number of aromatic amines is 2. The molecule has 2 aliphatic heterocycles. The molecule has 2 N–H and O–H groups in total. The number of carbonyl (C=O) groups excluding carboxylic acids is 2. The second kappa shape index (κ2) is 14.4. The number of piperidine rings is 1. The van der Waals surface area contributed by atoms with E-state index in [1.807, 2.05) is 140 Å². The zero-order chi connectivity index (χ0) is 39.7. The Morgan fingerprint density at radius 3 is 2.17 bits per heavy atom. The fourth-order valence-electron chi connectivity index (χ4n) is 9.48. The summed E-state index contributed by atoms with van der Waals surface area (Å²) in [5, 5.41) is 0. The van der Waals surface area contributed by atoms with Gasteiger partial charge in [-0.2, -0.15) is 0 Å². The highest BCUT2D eigenvalue weighted by Crippen LogP contribution is 2.54. The SMILES string of the molecule is CN(C)[C@@H](C(=O)N1CCC[C@H]1c1nc2ccc(-c3cnc(-c4cccc5[nH]c([C@@H]6C[C@H]7C[C@@H]7N6C(=O)[C@@H](c6ccccc6)N(C)C)nc45)o3)cc2[nH]1)c1ccccc1. The van der Waals surface area contributed by atoms with Gasteiger partial charge in [0.1, 0.15) is 29.2 Å². The molecule has 5 heterocycles. The summed E-state index contributed by atoms with van der Waals surface area (Å²) in [6.07, 6.45) is 5.44. The van der Waals surface area contributed by atoms with Crippen LogP contribution in [0, 0.1) is 5.92 Å². The Morgan fingerprint density at radius 2 is 1.45 bits per heavy atom. The molecule has 2 saturated heterocycles. The molecule has 3 fully saturated rings. The third-order valence-corrected chi connectivity index (χ3v) is 12.3. The van der Waals surface area contributed by atoms with Gasteiger partial charge in [0.15, 0.2) is 5.76 Å². The molecule has 0 radical (unpaired) electrons. The second-order valence-electron chi connectivity index (χ2n) is 16.5. The van der Waals surface area contributed by atoms with Crippen LogP contribution in [0.3, 0.4) is 0 Å². The standard InChI is InChI=1S/C46H47N9O3/c1-52(2)40(27-13-7-5-8-14-27)45(56)54-22-12-19-35(54)42-48-32-21-20-29(23-34(32)50-42)38-26-47-44(58-38)31-17-11-18-33-39(31)51-43(49-33)37-25-30-24-36(30)55(37)46(57)41(53(3)4)28-15-9-6-10-16-28/h5-11,13-18,20-21,23,26,30,35-37,40-41H,12,19,22,24-25H2,1-4H3,(H,48,50)(H,49,51)/t30-,35+,36+,37+,40-,41-/m1/s1. The number of nitrogens with zero attached hydrogens (tertiary/aromatic N) is 7. The molecular weight excluding hydrogens is 727 g/mol. The maximum Gasteiger partial charge on any atom is 0.245 e. The van der Waals surface area contributed by atoms with Crippen LogP contribution >= 0.6 is 0 Å². The van der Waals surface area contributed by atoms with E-state index in [9.17, 15) is 9.59 Å². The van der Waals surface area contributed by atoms with E-state index in [4.69, 9.17) is 19.4 Å². The van der Waals surface area contributed by atoms with E-state index in [1.54, 1.807) is 6.20 Å². The lowest BCUT2D eigenvalue weighted by atomic mass is 10.0. The summed E-state index contributed by atoms with van der Waals surface area (Å²) in [7, 11) is 7.84. The summed E-state index contributed by atoms with van der Waals surface area (Å²) in [5.41, 5.74) is 6.95. The number of benzene rings is 4. The van der Waals surface area contributed by atoms with Gasteiger partial charge in [0.25, 0.3) is 0 Å². The first-order chi connectivity index (χ1) is 28.2. The van der Waals surface area contributed by atoms with Gasteiger partial charge >= 0.3 is 0 Å². The molecule has 4 aromatic carbocycles. The third-order valence-electron chi connectivity index (χ3n) is 12.3. The Hall–Kier alpha value is -6.11. The van der Waals surface area contributed by atoms with E-state index in [-0.39, 0.29) is 42.0 Å². The van der Waals surface area contributed by atoms with Gasteiger partial charge in [-0.1, -0.05) is 66.7 Å². The maximum atomic E-state index is 14.3. The normalized spacial score (nSPS) is 21.3. The number of H-pyrrole nitrogens is 2. The number of carbonyl (C=O) groups is 2. The molecule has 3 aliphatic rings. The van der Waals surface area contributed by atoms with Crippen LogP contribution in [0.15, 0.2) is 108 Å². The fraction of sp³-hybridized carbons (Fsp3) is 0.326. The molecule has 12 heteroatoms. The number of likely N-dealkylation sites (N-methyl/N-ethyl adjacent to an activating group) is 2. The molecule has 3 aromatic heterocycles. The highest BCUT2D eigenvalue weighted by Gasteiger charge is 2.56. The van der Waals surface area contributed by atoms with Crippen molar-refractivity contribution in [2.75, 3.05) is 34.7 Å². The number of hydrogen-bond donors (Lipinski definition) is 2. The van der Waals surface area contributed by atoms with Crippen LogP contribution in [0.4, 0.5) is 0 Å². The van der Waals surface area contributed by atoms with E-state index >= 15 is 0 Å². The number of hydrogen-bond acceptors (Lipinski definition) is 8. The molecule has 12 nitrogen and oxygen atoms in total. The highest BCUT2D eigenvalue weighted by atomic mass is 16.4. The van der Waals surface area contributed by atoms with Crippen LogP contribution in [0.5, 0.6) is 0 Å². The topological polar surface area (TPSA) is 130 Å². The molecule has 1 aliphatic carbocycles. The smallest absolute Gasteiger partial charge is 0.245 e. The number of oxazole rings is 1. The lowest BCUT2D eigenvalue weighted by Gasteiger charge is -2.33. The molecule has 1 saturated carbocycles. The summed E-state index contributed by atoms with van der Waals surface area (Å²) in [4.78, 5) is 58.4. The van der Waals surface area contributed by atoms with E-state index < -0.39 is 0 Å². The van der Waals surface area contributed by atoms with E-state index in [2.05, 4.69) is 14.9 Å². The van der Waals surface area contributed by atoms with Crippen molar-refractivity contribution in [1.82, 2.24) is 44.5 Å². The van der Waals surface area contributed by atoms with Crippen molar-refractivity contribution >= 4 is 33.9 Å². The van der Waals surface area contributed by atoms with Gasteiger partial charge in [-0.3, -0.25) is 19.4 Å². The van der Waals surface area contributed by atoms with Crippen molar-refractivity contribution in [3.63, 3.8) is 0 Å². The second-order valence-corrected chi connectivity index (χ2v) is 16.5. The minimum atomic E-state index is -0.372. The van der Waals surface area contributed by atoms with Crippen molar-refractivity contribution in [2.45, 2.75) is 55.9 Å². The first-order valence-corrected chi connectivity index (χ1v) is 20.2. The van der Waals surface area contributed by atoms with Crippen LogP contribution in [-0.2, 0) is 9.59 Å². The van der Waals surface area contributed by atoms with Crippen molar-refractivity contribution in [1.29, 1.82) is 0 Å². The molecule has 294 valence electrons. The predicted octanol–water partition coefficient (Wildman–Crippen LogP) is 7.69. The van der Waals surface area contributed by atoms with Crippen molar-refractivity contribution in [2.24, 2.45) is 5.92 Å². The van der Waals surface area contributed by atoms with Gasteiger partial charge in [0.05, 0.1) is 40.4 Å². The van der Waals surface area contributed by atoms with Crippen molar-refractivity contribution in [3.8, 4) is 22.8 Å². The minimum absolute atomic E-state index is 0.0831. The van der Waals surface area contributed by atoms with E-state index in [1.165, 1.54) is 0 Å². The molecule has 7 aromatic rings. The Morgan fingerprint density at radius 1 is 0.759 bits per heavy atom. The average molecular weight is 774 g/mol. The molecule has 0 unspecified atom stereocenters. The maximum absolute atomic E-state index is 14.3. The Labute approximate surface area is 336 Å². The Bertz CT molecular complexity index is 2630. The summed E-state index contributed by atoms with van der Waals surface area (Å²) in [5.74, 6) is 3.36. The van der Waals surface area contributed by atoms with Crippen molar-refractivity contribution < 1.29 is 14.0 Å². The molecular formula is C46H47N9O3. The number of para-hydroxylation sites is 1.